The fourth-order valence-electron chi connectivity index (χ4n) is 1.37. The number of nitrogens with one attached hydrogen (secondary N) is 1. The molecule has 0 unspecified atom stereocenters. The third-order valence-corrected chi connectivity index (χ3v) is 4.74. The second-order valence-corrected chi connectivity index (χ2v) is 6.11. The molecule has 1 aromatic rings. The molecule has 0 spiro atoms. The molecular weight excluding hydrogens is 322 g/mol. The van der Waals surface area contributed by atoms with Crippen molar-refractivity contribution in [1.29, 1.82) is 0 Å². The maximum Gasteiger partial charge on any atom is 0.309 e. The van der Waals surface area contributed by atoms with Crippen molar-refractivity contribution in [3.05, 3.63) is 28.2 Å². The summed E-state index contributed by atoms with van der Waals surface area (Å²) >= 11 is 3.18. The topological polar surface area (TPSA) is 72.5 Å². The molecule has 0 heterocycles. The molecule has 1 rings (SSSR count). The van der Waals surface area contributed by atoms with Crippen LogP contribution in [0.5, 0.6) is 0 Å². The Labute approximate surface area is 115 Å². The van der Waals surface area contributed by atoms with E-state index in [4.69, 9.17) is 0 Å². The fraction of sp³-hybridized carbons (Fsp3) is 0.364. The first kappa shape index (κ1) is 15.1. The van der Waals surface area contributed by atoms with E-state index in [2.05, 4.69) is 25.4 Å². The van der Waals surface area contributed by atoms with Gasteiger partial charge in [-0.25, -0.2) is 13.1 Å². The molecule has 0 fully saturated rings. The van der Waals surface area contributed by atoms with Crippen molar-refractivity contribution < 1.29 is 17.9 Å². The molecule has 0 amide bonds. The van der Waals surface area contributed by atoms with E-state index in [0.717, 1.165) is 0 Å². The van der Waals surface area contributed by atoms with Crippen LogP contribution in [0, 0.1) is 0 Å². The predicted molar refractivity (Wildman–Crippen MR) is 70.7 cm³/mol. The SMILES string of the molecule is CCNS(=O)(=O)c1cc(CC(=O)OC)ccc1Br. The summed E-state index contributed by atoms with van der Waals surface area (Å²) in [6.07, 6.45) is 0.0401. The molecule has 0 aromatic heterocycles. The van der Waals surface area contributed by atoms with Crippen molar-refractivity contribution in [2.24, 2.45) is 0 Å². The van der Waals surface area contributed by atoms with E-state index in [9.17, 15) is 13.2 Å². The number of methoxy groups -OCH3 is 1. The van der Waals surface area contributed by atoms with Crippen LogP contribution in [0.2, 0.25) is 0 Å². The van der Waals surface area contributed by atoms with Crippen molar-refractivity contribution in [2.45, 2.75) is 18.2 Å². The van der Waals surface area contributed by atoms with Crippen LogP contribution in [-0.4, -0.2) is 28.0 Å². The van der Waals surface area contributed by atoms with E-state index in [1.54, 1.807) is 19.1 Å². The van der Waals surface area contributed by atoms with Crippen LogP contribution in [0.3, 0.4) is 0 Å². The average Bonchev–Trinajstić information content (AvgIpc) is 2.31. The highest BCUT2D eigenvalue weighted by Crippen LogP contribution is 2.23. The molecule has 0 aliphatic rings. The van der Waals surface area contributed by atoms with Crippen LogP contribution in [0.25, 0.3) is 0 Å². The van der Waals surface area contributed by atoms with E-state index in [1.165, 1.54) is 13.2 Å². The number of hydrogen-bond acceptors (Lipinski definition) is 4. The fourth-order valence-corrected chi connectivity index (χ4v) is 3.42. The normalized spacial score (nSPS) is 11.3. The smallest absolute Gasteiger partial charge is 0.309 e. The summed E-state index contributed by atoms with van der Waals surface area (Å²) < 4.78 is 31.2. The van der Waals surface area contributed by atoms with Crippen molar-refractivity contribution in [2.75, 3.05) is 13.7 Å². The third kappa shape index (κ3) is 3.79. The minimum absolute atomic E-state index is 0.0401. The summed E-state index contributed by atoms with van der Waals surface area (Å²) in [7, 11) is -2.27. The van der Waals surface area contributed by atoms with E-state index >= 15 is 0 Å². The molecule has 18 heavy (non-hydrogen) atoms. The zero-order valence-electron chi connectivity index (χ0n) is 10.1. The van der Waals surface area contributed by atoms with Gasteiger partial charge in [-0.2, -0.15) is 0 Å². The average molecular weight is 336 g/mol. The lowest BCUT2D eigenvalue weighted by molar-refractivity contribution is -0.139. The van der Waals surface area contributed by atoms with Gasteiger partial charge in [0.1, 0.15) is 0 Å². The molecule has 0 saturated heterocycles. The zero-order chi connectivity index (χ0) is 13.8. The van der Waals surface area contributed by atoms with Crippen LogP contribution in [0.4, 0.5) is 0 Å². The number of sulfonamides is 1. The van der Waals surface area contributed by atoms with Gasteiger partial charge < -0.3 is 4.74 Å². The first-order valence-electron chi connectivity index (χ1n) is 5.25. The minimum Gasteiger partial charge on any atom is -0.469 e. The zero-order valence-corrected chi connectivity index (χ0v) is 12.5. The summed E-state index contributed by atoms with van der Waals surface area (Å²) in [4.78, 5) is 11.3. The van der Waals surface area contributed by atoms with Crippen LogP contribution in [0.15, 0.2) is 27.6 Å². The van der Waals surface area contributed by atoms with Gasteiger partial charge >= 0.3 is 5.97 Å². The van der Waals surface area contributed by atoms with Crippen LogP contribution in [0.1, 0.15) is 12.5 Å². The molecule has 0 bridgehead atoms. The highest BCUT2D eigenvalue weighted by Gasteiger charge is 2.17. The van der Waals surface area contributed by atoms with Gasteiger partial charge in [0.25, 0.3) is 0 Å². The first-order valence-corrected chi connectivity index (χ1v) is 7.53. The van der Waals surface area contributed by atoms with Gasteiger partial charge in [-0.1, -0.05) is 13.0 Å². The van der Waals surface area contributed by atoms with E-state index in [-0.39, 0.29) is 11.3 Å². The molecule has 1 aromatic carbocycles. The third-order valence-electron chi connectivity index (χ3n) is 2.20. The number of carbonyl (C=O) groups excluding carboxylic acids is 1. The summed E-state index contributed by atoms with van der Waals surface area (Å²) in [5.74, 6) is -0.413. The molecular formula is C11H14BrNO4S. The van der Waals surface area contributed by atoms with Crippen LogP contribution in [-0.2, 0) is 26.0 Å². The van der Waals surface area contributed by atoms with E-state index in [1.807, 2.05) is 0 Å². The van der Waals surface area contributed by atoms with Crippen molar-refractivity contribution >= 4 is 31.9 Å². The van der Waals surface area contributed by atoms with Gasteiger partial charge in [0.2, 0.25) is 10.0 Å². The Morgan fingerprint density at radius 3 is 2.67 bits per heavy atom. The Hall–Kier alpha value is -0.920. The van der Waals surface area contributed by atoms with Crippen molar-refractivity contribution in [3.8, 4) is 0 Å². The standard InChI is InChI=1S/C11H14BrNO4S/c1-3-13-18(15,16)10-6-8(4-5-9(10)12)7-11(14)17-2/h4-6,13H,3,7H2,1-2H3. The molecule has 0 aliphatic carbocycles. The second-order valence-electron chi connectivity index (χ2n) is 3.52. The molecule has 5 nitrogen and oxygen atoms in total. The quantitative estimate of drug-likeness (QED) is 0.827. The molecule has 100 valence electrons. The Morgan fingerprint density at radius 2 is 2.11 bits per heavy atom. The number of rotatable bonds is 5. The molecule has 7 heteroatoms. The number of hydrogen-bond donors (Lipinski definition) is 1. The van der Waals surface area contributed by atoms with Gasteiger partial charge in [-0.15, -0.1) is 0 Å². The summed E-state index contributed by atoms with van der Waals surface area (Å²) in [6, 6.07) is 4.73. The highest BCUT2D eigenvalue weighted by atomic mass is 79.9. The first-order chi connectivity index (χ1) is 8.40. The molecule has 0 saturated carbocycles. The molecule has 0 aliphatic heterocycles. The largest absolute Gasteiger partial charge is 0.469 e. The molecule has 0 radical (unpaired) electrons. The second kappa shape index (κ2) is 6.31. The van der Waals surface area contributed by atoms with Gasteiger partial charge in [0.15, 0.2) is 0 Å². The molecule has 1 N–H and O–H groups in total. The summed E-state index contributed by atoms with van der Waals surface area (Å²) in [5, 5.41) is 0. The summed E-state index contributed by atoms with van der Waals surface area (Å²) in [6.45, 7) is 2.00. The van der Waals surface area contributed by atoms with Crippen molar-refractivity contribution in [1.82, 2.24) is 4.72 Å². The predicted octanol–water partition coefficient (Wildman–Crippen LogP) is 1.46. The summed E-state index contributed by atoms with van der Waals surface area (Å²) in [5.41, 5.74) is 0.585. The Morgan fingerprint density at radius 1 is 1.44 bits per heavy atom. The maximum atomic E-state index is 11.9. The number of halogens is 1. The van der Waals surface area contributed by atoms with E-state index in [0.29, 0.717) is 16.6 Å². The highest BCUT2D eigenvalue weighted by molar-refractivity contribution is 9.10. The van der Waals surface area contributed by atoms with Gasteiger partial charge in [0, 0.05) is 11.0 Å². The number of benzene rings is 1. The van der Waals surface area contributed by atoms with Crippen molar-refractivity contribution in [3.63, 3.8) is 0 Å². The van der Waals surface area contributed by atoms with Gasteiger partial charge in [-0.05, 0) is 33.6 Å². The number of esters is 1. The van der Waals surface area contributed by atoms with Gasteiger partial charge in [0.05, 0.1) is 18.4 Å². The monoisotopic (exact) mass is 335 g/mol. The Bertz CT molecular complexity index is 542. The Kier molecular flexibility index (Phi) is 5.30. The van der Waals surface area contributed by atoms with Crippen LogP contribution < -0.4 is 4.72 Å². The molecule has 0 atom stereocenters. The van der Waals surface area contributed by atoms with E-state index < -0.39 is 16.0 Å². The Balaban J connectivity index is 3.13. The minimum atomic E-state index is -3.56. The lowest BCUT2D eigenvalue weighted by Crippen LogP contribution is -2.23. The van der Waals surface area contributed by atoms with Crippen LogP contribution >= 0.6 is 15.9 Å². The van der Waals surface area contributed by atoms with Gasteiger partial charge in [-0.3, -0.25) is 4.79 Å². The lowest BCUT2D eigenvalue weighted by atomic mass is 10.1. The number of carbonyl (C=O) groups is 1. The maximum absolute atomic E-state index is 11.9. The number of ether oxygens (including phenoxy) is 1. The lowest BCUT2D eigenvalue weighted by Gasteiger charge is -2.08.